The summed E-state index contributed by atoms with van der Waals surface area (Å²) in [5.41, 5.74) is -1.25. The molecule has 0 bridgehead atoms. The standard InChI is InChI=1S/C16H21N3O3/c1-4-19-10-9-17-14(19)7-8-15(20)18-11-16(3,21)13-6-5-12(2)22-13/h5-10,21H,4,11H2,1-3H3,(H,18,20)/b8-7+. The summed E-state index contributed by atoms with van der Waals surface area (Å²) in [6, 6.07) is 3.48. The molecule has 0 saturated heterocycles. The number of aryl methyl sites for hydroxylation is 2. The number of hydrogen-bond donors (Lipinski definition) is 2. The lowest BCUT2D eigenvalue weighted by Crippen LogP contribution is -2.37. The molecular weight excluding hydrogens is 282 g/mol. The third kappa shape index (κ3) is 3.85. The molecule has 0 fully saturated rings. The zero-order chi connectivity index (χ0) is 16.2. The molecule has 2 N–H and O–H groups in total. The second-order valence-corrected chi connectivity index (χ2v) is 5.31. The summed E-state index contributed by atoms with van der Waals surface area (Å²) < 4.78 is 7.32. The third-order valence-corrected chi connectivity index (χ3v) is 3.35. The smallest absolute Gasteiger partial charge is 0.244 e. The minimum absolute atomic E-state index is 0.0609. The maximum absolute atomic E-state index is 11.8. The van der Waals surface area contributed by atoms with Gasteiger partial charge in [0, 0.05) is 25.0 Å². The summed E-state index contributed by atoms with van der Waals surface area (Å²) in [5.74, 6) is 1.56. The van der Waals surface area contributed by atoms with Crippen molar-refractivity contribution in [3.8, 4) is 0 Å². The summed E-state index contributed by atoms with van der Waals surface area (Å²) in [4.78, 5) is 16.0. The van der Waals surface area contributed by atoms with Crippen molar-refractivity contribution >= 4 is 12.0 Å². The van der Waals surface area contributed by atoms with Gasteiger partial charge in [0.15, 0.2) is 0 Å². The summed E-state index contributed by atoms with van der Waals surface area (Å²) >= 11 is 0. The molecule has 2 rings (SSSR count). The van der Waals surface area contributed by atoms with Crippen LogP contribution in [0, 0.1) is 6.92 Å². The zero-order valence-corrected chi connectivity index (χ0v) is 13.0. The first-order chi connectivity index (χ1) is 10.4. The van der Waals surface area contributed by atoms with Crippen LogP contribution >= 0.6 is 0 Å². The second-order valence-electron chi connectivity index (χ2n) is 5.31. The van der Waals surface area contributed by atoms with E-state index in [0.29, 0.717) is 17.3 Å². The van der Waals surface area contributed by atoms with Gasteiger partial charge in [-0.3, -0.25) is 4.79 Å². The van der Waals surface area contributed by atoms with Crippen LogP contribution in [0.1, 0.15) is 31.2 Å². The van der Waals surface area contributed by atoms with Gasteiger partial charge in [-0.05, 0) is 39.0 Å². The van der Waals surface area contributed by atoms with Crippen LogP contribution in [0.2, 0.25) is 0 Å². The van der Waals surface area contributed by atoms with Crippen LogP contribution in [-0.4, -0.2) is 27.1 Å². The van der Waals surface area contributed by atoms with Crippen molar-refractivity contribution in [3.63, 3.8) is 0 Å². The number of furan rings is 1. The SMILES string of the molecule is CCn1ccnc1/C=C/C(=O)NCC(C)(O)c1ccc(C)o1. The predicted molar refractivity (Wildman–Crippen MR) is 83.0 cm³/mol. The van der Waals surface area contributed by atoms with Crippen LogP contribution in [0.4, 0.5) is 0 Å². The molecule has 2 heterocycles. The summed E-state index contributed by atoms with van der Waals surface area (Å²) in [6.45, 7) is 6.25. The van der Waals surface area contributed by atoms with Gasteiger partial charge in [0.2, 0.25) is 5.91 Å². The molecule has 0 aromatic carbocycles. The highest BCUT2D eigenvalue weighted by molar-refractivity contribution is 5.91. The van der Waals surface area contributed by atoms with Crippen molar-refractivity contribution in [2.75, 3.05) is 6.54 Å². The van der Waals surface area contributed by atoms with Gasteiger partial charge in [-0.15, -0.1) is 0 Å². The third-order valence-electron chi connectivity index (χ3n) is 3.35. The summed E-state index contributed by atoms with van der Waals surface area (Å²) in [5, 5.41) is 13.0. The fraction of sp³-hybridized carbons (Fsp3) is 0.375. The predicted octanol–water partition coefficient (Wildman–Crippen LogP) is 1.84. The molecule has 1 amide bonds. The van der Waals surface area contributed by atoms with Crippen LogP contribution in [0.5, 0.6) is 0 Å². The van der Waals surface area contributed by atoms with E-state index in [2.05, 4.69) is 10.3 Å². The maximum atomic E-state index is 11.8. The fourth-order valence-electron chi connectivity index (χ4n) is 2.03. The first-order valence-corrected chi connectivity index (χ1v) is 7.18. The number of carbonyl (C=O) groups excluding carboxylic acids is 1. The molecule has 0 radical (unpaired) electrons. The Bertz CT molecular complexity index is 668. The van der Waals surface area contributed by atoms with Gasteiger partial charge >= 0.3 is 0 Å². The zero-order valence-electron chi connectivity index (χ0n) is 13.0. The number of rotatable bonds is 6. The van der Waals surface area contributed by atoms with Gasteiger partial charge < -0.3 is 19.4 Å². The lowest BCUT2D eigenvalue weighted by molar-refractivity contribution is -0.117. The number of imidazole rings is 1. The topological polar surface area (TPSA) is 80.3 Å². The Balaban J connectivity index is 1.92. The molecule has 2 aromatic rings. The Labute approximate surface area is 129 Å². The number of nitrogens with one attached hydrogen (secondary N) is 1. The fourth-order valence-corrected chi connectivity index (χ4v) is 2.03. The maximum Gasteiger partial charge on any atom is 0.244 e. The van der Waals surface area contributed by atoms with E-state index in [1.165, 1.54) is 6.08 Å². The molecule has 1 unspecified atom stereocenters. The van der Waals surface area contributed by atoms with Crippen molar-refractivity contribution < 1.29 is 14.3 Å². The number of aromatic nitrogens is 2. The number of aliphatic hydroxyl groups is 1. The molecular formula is C16H21N3O3. The van der Waals surface area contributed by atoms with Crippen LogP contribution in [0.15, 0.2) is 35.0 Å². The highest BCUT2D eigenvalue weighted by atomic mass is 16.4. The van der Waals surface area contributed by atoms with Crippen molar-refractivity contribution in [1.82, 2.24) is 14.9 Å². The van der Waals surface area contributed by atoms with Crippen molar-refractivity contribution in [1.29, 1.82) is 0 Å². The lowest BCUT2D eigenvalue weighted by Gasteiger charge is -2.20. The summed E-state index contributed by atoms with van der Waals surface area (Å²) in [7, 11) is 0. The Morgan fingerprint density at radius 3 is 2.95 bits per heavy atom. The van der Waals surface area contributed by atoms with E-state index in [0.717, 1.165) is 6.54 Å². The Hall–Kier alpha value is -2.34. The molecule has 22 heavy (non-hydrogen) atoms. The van der Waals surface area contributed by atoms with E-state index in [1.807, 2.05) is 17.7 Å². The quantitative estimate of drug-likeness (QED) is 0.798. The summed E-state index contributed by atoms with van der Waals surface area (Å²) in [6.07, 6.45) is 6.58. The molecule has 0 aliphatic rings. The van der Waals surface area contributed by atoms with Gasteiger partial charge in [-0.1, -0.05) is 0 Å². The molecule has 0 spiro atoms. The van der Waals surface area contributed by atoms with Crippen LogP contribution in [-0.2, 0) is 16.9 Å². The van der Waals surface area contributed by atoms with Gasteiger partial charge in [0.25, 0.3) is 0 Å². The number of nitrogens with zero attached hydrogens (tertiary/aromatic N) is 2. The largest absolute Gasteiger partial charge is 0.463 e. The molecule has 118 valence electrons. The average molecular weight is 303 g/mol. The number of carbonyl (C=O) groups is 1. The van der Waals surface area contributed by atoms with E-state index in [4.69, 9.17) is 4.42 Å². The monoisotopic (exact) mass is 303 g/mol. The van der Waals surface area contributed by atoms with Crippen molar-refractivity contribution in [3.05, 3.63) is 47.9 Å². The average Bonchev–Trinajstić information content (AvgIpc) is 3.11. The van der Waals surface area contributed by atoms with Gasteiger partial charge in [0.1, 0.15) is 22.9 Å². The highest BCUT2D eigenvalue weighted by Crippen LogP contribution is 2.21. The Morgan fingerprint density at radius 1 is 1.55 bits per heavy atom. The number of hydrogen-bond acceptors (Lipinski definition) is 4. The number of amides is 1. The molecule has 0 aliphatic heterocycles. The molecule has 0 aliphatic carbocycles. The molecule has 6 nitrogen and oxygen atoms in total. The van der Waals surface area contributed by atoms with E-state index in [1.54, 1.807) is 38.3 Å². The minimum Gasteiger partial charge on any atom is -0.463 e. The van der Waals surface area contributed by atoms with Gasteiger partial charge in [0.05, 0.1) is 6.54 Å². The van der Waals surface area contributed by atoms with E-state index >= 15 is 0 Å². The van der Waals surface area contributed by atoms with Gasteiger partial charge in [-0.25, -0.2) is 4.98 Å². The Kier molecular flexibility index (Phi) is 4.82. The molecule has 0 saturated carbocycles. The van der Waals surface area contributed by atoms with Crippen LogP contribution < -0.4 is 5.32 Å². The minimum atomic E-state index is -1.25. The molecule has 6 heteroatoms. The normalized spacial score (nSPS) is 14.2. The molecule has 1 atom stereocenters. The lowest BCUT2D eigenvalue weighted by atomic mass is 10.0. The highest BCUT2D eigenvalue weighted by Gasteiger charge is 2.27. The first kappa shape index (κ1) is 16.0. The van der Waals surface area contributed by atoms with E-state index in [-0.39, 0.29) is 12.5 Å². The van der Waals surface area contributed by atoms with Crippen molar-refractivity contribution in [2.24, 2.45) is 0 Å². The van der Waals surface area contributed by atoms with Gasteiger partial charge in [-0.2, -0.15) is 0 Å². The van der Waals surface area contributed by atoms with Crippen LogP contribution in [0.3, 0.4) is 0 Å². The van der Waals surface area contributed by atoms with Crippen molar-refractivity contribution in [2.45, 2.75) is 32.9 Å². The first-order valence-electron chi connectivity index (χ1n) is 7.18. The second kappa shape index (κ2) is 6.62. The molecule has 2 aromatic heterocycles. The van der Waals surface area contributed by atoms with Crippen LogP contribution in [0.25, 0.3) is 6.08 Å². The van der Waals surface area contributed by atoms with E-state index in [9.17, 15) is 9.90 Å². The Morgan fingerprint density at radius 2 is 2.32 bits per heavy atom. The van der Waals surface area contributed by atoms with E-state index < -0.39 is 5.60 Å².